The molecule has 1 saturated heterocycles. The quantitative estimate of drug-likeness (QED) is 0.815. The van der Waals surface area contributed by atoms with E-state index in [1.165, 1.54) is 0 Å². The fourth-order valence-corrected chi connectivity index (χ4v) is 2.09. The van der Waals surface area contributed by atoms with Crippen LogP contribution in [0, 0.1) is 12.8 Å². The molecule has 1 amide bonds. The largest absolute Gasteiger partial charge is 0.493 e. The molecule has 0 bridgehead atoms. The monoisotopic (exact) mass is 298 g/mol. The van der Waals surface area contributed by atoms with Gasteiger partial charge in [-0.25, -0.2) is 0 Å². The summed E-state index contributed by atoms with van der Waals surface area (Å²) in [7, 11) is 1.87. The molecule has 5 heteroatoms. The van der Waals surface area contributed by atoms with Gasteiger partial charge < -0.3 is 15.0 Å². The fourth-order valence-electron chi connectivity index (χ4n) is 2.09. The van der Waals surface area contributed by atoms with Crippen LogP contribution in [0.3, 0.4) is 0 Å². The Morgan fingerprint density at radius 2 is 2.10 bits per heavy atom. The number of carbonyl (C=O) groups is 1. The molecule has 1 aliphatic heterocycles. The maximum absolute atomic E-state index is 11.9. The molecule has 0 saturated carbocycles. The molecule has 0 spiro atoms. The highest BCUT2D eigenvalue weighted by atomic mass is 35.5. The highest BCUT2D eigenvalue weighted by Gasteiger charge is 2.27. The fraction of sp³-hybridized carbons (Fsp3) is 0.533. The molecule has 1 aromatic rings. The lowest BCUT2D eigenvalue weighted by Gasteiger charge is -2.30. The molecule has 2 rings (SSSR count). The Bertz CT molecular complexity index is 436. The van der Waals surface area contributed by atoms with Crippen LogP contribution >= 0.6 is 12.4 Å². The van der Waals surface area contributed by atoms with Crippen LogP contribution in [0.1, 0.15) is 12.0 Å². The third kappa shape index (κ3) is 4.39. The van der Waals surface area contributed by atoms with Crippen molar-refractivity contribution in [3.63, 3.8) is 0 Å². The molecule has 0 unspecified atom stereocenters. The van der Waals surface area contributed by atoms with E-state index in [1.54, 1.807) is 0 Å². The van der Waals surface area contributed by atoms with E-state index in [2.05, 4.69) is 5.32 Å². The molecule has 0 radical (unpaired) electrons. The number of para-hydroxylation sites is 1. The molecule has 1 fully saturated rings. The number of hydrogen-bond acceptors (Lipinski definition) is 3. The number of hydrogen-bond donors (Lipinski definition) is 1. The van der Waals surface area contributed by atoms with E-state index in [-0.39, 0.29) is 24.2 Å². The number of benzene rings is 1. The molecule has 1 aliphatic rings. The van der Waals surface area contributed by atoms with Crippen molar-refractivity contribution < 1.29 is 9.53 Å². The van der Waals surface area contributed by atoms with Gasteiger partial charge in [-0.05, 0) is 25.0 Å². The zero-order chi connectivity index (χ0) is 13.7. The summed E-state index contributed by atoms with van der Waals surface area (Å²) in [5, 5.41) is 3.12. The molecular weight excluding hydrogens is 276 g/mol. The number of nitrogens with one attached hydrogen (secondary N) is 1. The lowest BCUT2D eigenvalue weighted by Crippen LogP contribution is -2.51. The first kappa shape index (κ1) is 16.8. The van der Waals surface area contributed by atoms with Crippen LogP contribution in [-0.2, 0) is 4.79 Å². The molecule has 0 aromatic heterocycles. The van der Waals surface area contributed by atoms with Crippen LogP contribution in [0.15, 0.2) is 24.3 Å². The van der Waals surface area contributed by atoms with E-state index in [0.29, 0.717) is 6.61 Å². The highest BCUT2D eigenvalue weighted by Crippen LogP contribution is 2.16. The summed E-state index contributed by atoms with van der Waals surface area (Å²) in [6.07, 6.45) is 0.858. The maximum atomic E-state index is 11.9. The second-order valence-corrected chi connectivity index (χ2v) is 5.08. The third-order valence-electron chi connectivity index (χ3n) is 3.50. The summed E-state index contributed by atoms with van der Waals surface area (Å²) in [6.45, 7) is 5.08. The SMILES string of the molecule is Cc1ccccc1OCCCN(C)C(=O)C1CNC1.Cl. The van der Waals surface area contributed by atoms with E-state index in [0.717, 1.165) is 37.4 Å². The lowest BCUT2D eigenvalue weighted by atomic mass is 10.0. The zero-order valence-electron chi connectivity index (χ0n) is 12.1. The van der Waals surface area contributed by atoms with Crippen molar-refractivity contribution >= 4 is 18.3 Å². The van der Waals surface area contributed by atoms with Gasteiger partial charge in [-0.1, -0.05) is 18.2 Å². The van der Waals surface area contributed by atoms with Crippen molar-refractivity contribution in [1.29, 1.82) is 0 Å². The van der Waals surface area contributed by atoms with Gasteiger partial charge in [0.2, 0.25) is 5.91 Å². The van der Waals surface area contributed by atoms with E-state index >= 15 is 0 Å². The van der Waals surface area contributed by atoms with Gasteiger partial charge in [-0.3, -0.25) is 4.79 Å². The van der Waals surface area contributed by atoms with E-state index < -0.39 is 0 Å². The first-order valence-corrected chi connectivity index (χ1v) is 6.82. The van der Waals surface area contributed by atoms with Gasteiger partial charge in [-0.15, -0.1) is 12.4 Å². The van der Waals surface area contributed by atoms with Gasteiger partial charge in [0, 0.05) is 26.7 Å². The molecular formula is C15H23ClN2O2. The van der Waals surface area contributed by atoms with Crippen LogP contribution in [0.4, 0.5) is 0 Å². The predicted octanol–water partition coefficient (Wildman–Crippen LogP) is 1.86. The summed E-state index contributed by atoms with van der Waals surface area (Å²) >= 11 is 0. The van der Waals surface area contributed by atoms with Crippen LogP contribution in [0.5, 0.6) is 5.75 Å². The minimum atomic E-state index is 0. The lowest BCUT2D eigenvalue weighted by molar-refractivity contribution is -0.135. The van der Waals surface area contributed by atoms with Crippen molar-refractivity contribution in [2.75, 3.05) is 33.3 Å². The Hall–Kier alpha value is -1.26. The van der Waals surface area contributed by atoms with Crippen LogP contribution in [0.2, 0.25) is 0 Å². The first-order valence-electron chi connectivity index (χ1n) is 6.82. The smallest absolute Gasteiger partial charge is 0.227 e. The van der Waals surface area contributed by atoms with Gasteiger partial charge in [0.1, 0.15) is 5.75 Å². The summed E-state index contributed by atoms with van der Waals surface area (Å²) < 4.78 is 5.72. The Balaban J connectivity index is 0.00000200. The van der Waals surface area contributed by atoms with Crippen LogP contribution in [-0.4, -0.2) is 44.1 Å². The molecule has 1 aromatic carbocycles. The van der Waals surface area contributed by atoms with Gasteiger partial charge in [0.15, 0.2) is 0 Å². The highest BCUT2D eigenvalue weighted by molar-refractivity contribution is 5.85. The van der Waals surface area contributed by atoms with Crippen molar-refractivity contribution in [1.82, 2.24) is 10.2 Å². The number of rotatable bonds is 6. The molecule has 1 N–H and O–H groups in total. The van der Waals surface area contributed by atoms with Crippen LogP contribution in [0.25, 0.3) is 0 Å². The second-order valence-electron chi connectivity index (χ2n) is 5.08. The Labute approximate surface area is 126 Å². The van der Waals surface area contributed by atoms with Crippen LogP contribution < -0.4 is 10.1 Å². The Morgan fingerprint density at radius 3 is 2.70 bits per heavy atom. The van der Waals surface area contributed by atoms with E-state index in [4.69, 9.17) is 4.74 Å². The molecule has 1 heterocycles. The molecule has 0 aliphatic carbocycles. The molecule has 20 heavy (non-hydrogen) atoms. The first-order chi connectivity index (χ1) is 9.18. The van der Waals surface area contributed by atoms with Gasteiger partial charge in [0.05, 0.1) is 12.5 Å². The Kier molecular flexibility index (Phi) is 6.82. The Morgan fingerprint density at radius 1 is 1.40 bits per heavy atom. The number of ether oxygens (including phenoxy) is 1. The number of halogens is 1. The van der Waals surface area contributed by atoms with Crippen molar-refractivity contribution in [2.24, 2.45) is 5.92 Å². The minimum Gasteiger partial charge on any atom is -0.493 e. The van der Waals surface area contributed by atoms with Crippen molar-refractivity contribution in [3.05, 3.63) is 29.8 Å². The van der Waals surface area contributed by atoms with Crippen molar-refractivity contribution in [3.8, 4) is 5.75 Å². The number of amides is 1. The van der Waals surface area contributed by atoms with Gasteiger partial charge in [-0.2, -0.15) is 0 Å². The van der Waals surface area contributed by atoms with E-state index in [9.17, 15) is 4.79 Å². The summed E-state index contributed by atoms with van der Waals surface area (Å²) in [4.78, 5) is 13.7. The molecule has 4 nitrogen and oxygen atoms in total. The average molecular weight is 299 g/mol. The number of carbonyl (C=O) groups excluding carboxylic acids is 1. The van der Waals surface area contributed by atoms with Crippen molar-refractivity contribution in [2.45, 2.75) is 13.3 Å². The second kappa shape index (κ2) is 8.12. The summed E-state index contributed by atoms with van der Waals surface area (Å²) in [5.41, 5.74) is 1.15. The van der Waals surface area contributed by atoms with E-state index in [1.807, 2.05) is 43.1 Å². The average Bonchev–Trinajstić information content (AvgIpc) is 2.34. The molecule has 0 atom stereocenters. The maximum Gasteiger partial charge on any atom is 0.227 e. The topological polar surface area (TPSA) is 41.6 Å². The summed E-state index contributed by atoms with van der Waals surface area (Å²) in [5.74, 6) is 1.36. The minimum absolute atomic E-state index is 0. The van der Waals surface area contributed by atoms with Gasteiger partial charge in [0.25, 0.3) is 0 Å². The normalized spacial score (nSPS) is 14.1. The predicted molar refractivity (Wildman–Crippen MR) is 82.5 cm³/mol. The third-order valence-corrected chi connectivity index (χ3v) is 3.50. The molecule has 112 valence electrons. The van der Waals surface area contributed by atoms with Gasteiger partial charge >= 0.3 is 0 Å². The zero-order valence-corrected chi connectivity index (χ0v) is 12.9. The number of aryl methyl sites for hydroxylation is 1. The number of nitrogens with zero attached hydrogens (tertiary/aromatic N) is 1. The standard InChI is InChI=1S/C15H22N2O2.ClH/c1-12-6-3-4-7-14(12)19-9-5-8-17(2)15(18)13-10-16-11-13;/h3-4,6-7,13,16H,5,8-11H2,1-2H3;1H. The summed E-state index contributed by atoms with van der Waals surface area (Å²) in [6, 6.07) is 7.99.